The van der Waals surface area contributed by atoms with E-state index < -0.39 is 20.8 Å². The first kappa shape index (κ1) is 18.5. The van der Waals surface area contributed by atoms with Gasteiger partial charge in [-0.25, -0.2) is 22.5 Å². The molecule has 0 aliphatic rings. The highest BCUT2D eigenvalue weighted by Crippen LogP contribution is 2.27. The van der Waals surface area contributed by atoms with Crippen LogP contribution in [0, 0.1) is 29.8 Å². The van der Waals surface area contributed by atoms with Crippen LogP contribution in [0.25, 0.3) is 5.69 Å². The lowest BCUT2D eigenvalue weighted by Gasteiger charge is -2.13. The van der Waals surface area contributed by atoms with Gasteiger partial charge in [0.1, 0.15) is 18.3 Å². The largest absolute Gasteiger partial charge is 0.280 e. The summed E-state index contributed by atoms with van der Waals surface area (Å²) in [5, 5.41) is 14.8. The van der Waals surface area contributed by atoms with E-state index in [1.54, 1.807) is 13.8 Å². The van der Waals surface area contributed by atoms with Gasteiger partial charge in [-0.15, -0.1) is 0 Å². The third-order valence-electron chi connectivity index (χ3n) is 3.97. The van der Waals surface area contributed by atoms with Crippen LogP contribution in [0.3, 0.4) is 0 Å². The number of non-ortho nitro benzene ring substituents is 1. The summed E-state index contributed by atoms with van der Waals surface area (Å²) in [6, 6.07) is 5.96. The molecule has 0 bridgehead atoms. The summed E-state index contributed by atoms with van der Waals surface area (Å²) in [5.74, 6) is -0.715. The normalized spacial score (nSPS) is 11.4. The van der Waals surface area contributed by atoms with E-state index in [0.29, 0.717) is 11.1 Å². The lowest BCUT2D eigenvalue weighted by molar-refractivity contribution is -0.385. The van der Waals surface area contributed by atoms with Crippen molar-refractivity contribution in [1.82, 2.24) is 14.8 Å². The van der Waals surface area contributed by atoms with Crippen molar-refractivity contribution in [2.45, 2.75) is 18.7 Å². The Hall–Kier alpha value is -3.34. The molecule has 0 aliphatic heterocycles. The summed E-state index contributed by atoms with van der Waals surface area (Å²) in [6.07, 6.45) is 2.54. The van der Waals surface area contributed by atoms with Gasteiger partial charge in [0.15, 0.2) is 5.82 Å². The van der Waals surface area contributed by atoms with Crippen LogP contribution in [0.15, 0.2) is 47.9 Å². The summed E-state index contributed by atoms with van der Waals surface area (Å²) in [7, 11) is -4.16. The van der Waals surface area contributed by atoms with Crippen molar-refractivity contribution in [3.05, 3.63) is 70.0 Å². The lowest BCUT2D eigenvalue weighted by Crippen LogP contribution is -2.15. The van der Waals surface area contributed by atoms with Crippen LogP contribution in [0.4, 0.5) is 15.8 Å². The Morgan fingerprint density at radius 3 is 2.56 bits per heavy atom. The van der Waals surface area contributed by atoms with Crippen LogP contribution < -0.4 is 4.72 Å². The van der Waals surface area contributed by atoms with Gasteiger partial charge >= 0.3 is 0 Å². The first-order chi connectivity index (χ1) is 12.7. The smallest absolute Gasteiger partial charge is 0.271 e. The average Bonchev–Trinajstić information content (AvgIpc) is 3.10. The van der Waals surface area contributed by atoms with Crippen LogP contribution in [-0.4, -0.2) is 28.1 Å². The third-order valence-corrected chi connectivity index (χ3v) is 5.48. The van der Waals surface area contributed by atoms with Gasteiger partial charge in [-0.1, -0.05) is 0 Å². The van der Waals surface area contributed by atoms with E-state index in [1.165, 1.54) is 35.5 Å². The number of aromatic nitrogens is 3. The third kappa shape index (κ3) is 3.62. The highest BCUT2D eigenvalue weighted by atomic mass is 32.2. The second kappa shape index (κ2) is 6.76. The molecule has 0 radical (unpaired) electrons. The molecule has 0 spiro atoms. The molecule has 2 aromatic carbocycles. The molecule has 3 aromatic rings. The molecular weight excluding hydrogens is 377 g/mol. The van der Waals surface area contributed by atoms with Crippen molar-refractivity contribution >= 4 is 21.4 Å². The Balaban J connectivity index is 1.98. The maximum atomic E-state index is 14.3. The zero-order valence-electron chi connectivity index (χ0n) is 14.2. The fourth-order valence-electron chi connectivity index (χ4n) is 2.49. The molecule has 0 unspecified atom stereocenters. The minimum absolute atomic E-state index is 0.0278. The van der Waals surface area contributed by atoms with Gasteiger partial charge in [-0.2, -0.15) is 5.10 Å². The Labute approximate surface area is 153 Å². The van der Waals surface area contributed by atoms with Gasteiger partial charge in [0.25, 0.3) is 15.7 Å². The molecule has 3 rings (SSSR count). The zero-order chi connectivity index (χ0) is 19.8. The quantitative estimate of drug-likeness (QED) is 0.527. The van der Waals surface area contributed by atoms with Crippen LogP contribution in [0.5, 0.6) is 0 Å². The maximum Gasteiger partial charge on any atom is 0.271 e. The second-order valence-electron chi connectivity index (χ2n) is 5.75. The van der Waals surface area contributed by atoms with Crippen molar-refractivity contribution in [2.75, 3.05) is 4.72 Å². The maximum absolute atomic E-state index is 14.3. The molecule has 0 saturated heterocycles. The molecule has 140 valence electrons. The van der Waals surface area contributed by atoms with Crippen LogP contribution in [0.2, 0.25) is 0 Å². The van der Waals surface area contributed by atoms with Gasteiger partial charge in [0.2, 0.25) is 0 Å². The molecule has 27 heavy (non-hydrogen) atoms. The predicted octanol–water partition coefficient (Wildman–Crippen LogP) is 2.73. The van der Waals surface area contributed by atoms with E-state index in [-0.39, 0.29) is 22.0 Å². The standard InChI is InChI=1S/C16H14FN5O4S/c1-10-5-13(22(23)24)7-16(11(10)2)27(25,26)20-12-3-4-15(14(17)6-12)21-9-18-8-19-21/h3-9,20H,1-2H3. The van der Waals surface area contributed by atoms with Gasteiger partial charge in [0, 0.05) is 18.2 Å². The number of hydrogen-bond donors (Lipinski definition) is 1. The van der Waals surface area contributed by atoms with E-state index in [1.807, 2.05) is 0 Å². The summed E-state index contributed by atoms with van der Waals surface area (Å²) in [5.41, 5.74) is 0.550. The molecule has 0 saturated carbocycles. The van der Waals surface area contributed by atoms with Crippen molar-refractivity contribution in [3.8, 4) is 5.69 Å². The Morgan fingerprint density at radius 2 is 1.96 bits per heavy atom. The molecule has 1 N–H and O–H groups in total. The van der Waals surface area contributed by atoms with Crippen LogP contribution in [-0.2, 0) is 10.0 Å². The number of nitro benzene ring substituents is 1. The fourth-order valence-corrected chi connectivity index (χ4v) is 3.88. The molecule has 1 aromatic heterocycles. The summed E-state index contributed by atoms with van der Waals surface area (Å²) >= 11 is 0. The summed E-state index contributed by atoms with van der Waals surface area (Å²) < 4.78 is 43.1. The number of aryl methyl sites for hydroxylation is 1. The van der Waals surface area contributed by atoms with Crippen LogP contribution in [0.1, 0.15) is 11.1 Å². The van der Waals surface area contributed by atoms with Crippen molar-refractivity contribution in [3.63, 3.8) is 0 Å². The molecule has 1 heterocycles. The Kier molecular flexibility index (Phi) is 4.62. The fraction of sp³-hybridized carbons (Fsp3) is 0.125. The molecule has 11 heteroatoms. The van der Waals surface area contributed by atoms with E-state index >= 15 is 0 Å². The number of sulfonamides is 1. The minimum Gasteiger partial charge on any atom is -0.280 e. The number of anilines is 1. The number of benzene rings is 2. The van der Waals surface area contributed by atoms with E-state index in [0.717, 1.165) is 12.1 Å². The van der Waals surface area contributed by atoms with Gasteiger partial charge in [-0.3, -0.25) is 14.8 Å². The number of nitrogens with zero attached hydrogens (tertiary/aromatic N) is 4. The Bertz CT molecular complexity index is 1130. The van der Waals surface area contributed by atoms with E-state index in [4.69, 9.17) is 0 Å². The minimum atomic E-state index is -4.16. The predicted molar refractivity (Wildman–Crippen MR) is 94.7 cm³/mol. The lowest BCUT2D eigenvalue weighted by atomic mass is 10.1. The molecule has 0 fully saturated rings. The molecule has 0 atom stereocenters. The number of hydrogen-bond acceptors (Lipinski definition) is 6. The van der Waals surface area contributed by atoms with Gasteiger partial charge < -0.3 is 0 Å². The van der Waals surface area contributed by atoms with Crippen molar-refractivity contribution in [1.29, 1.82) is 0 Å². The number of nitro groups is 1. The Morgan fingerprint density at radius 1 is 1.22 bits per heavy atom. The molecule has 9 nitrogen and oxygen atoms in total. The molecular formula is C16H14FN5O4S. The average molecular weight is 391 g/mol. The molecule has 0 aliphatic carbocycles. The van der Waals surface area contributed by atoms with Gasteiger partial charge in [0.05, 0.1) is 15.5 Å². The van der Waals surface area contributed by atoms with Crippen molar-refractivity contribution < 1.29 is 17.7 Å². The summed E-state index contributed by atoms with van der Waals surface area (Å²) in [6.45, 7) is 3.12. The first-order valence-electron chi connectivity index (χ1n) is 7.62. The second-order valence-corrected chi connectivity index (χ2v) is 7.41. The van der Waals surface area contributed by atoms with Gasteiger partial charge in [-0.05, 0) is 37.1 Å². The number of halogens is 1. The zero-order valence-corrected chi connectivity index (χ0v) is 15.1. The van der Waals surface area contributed by atoms with Crippen molar-refractivity contribution in [2.24, 2.45) is 0 Å². The van der Waals surface area contributed by atoms with E-state index in [9.17, 15) is 22.9 Å². The van der Waals surface area contributed by atoms with Crippen LogP contribution >= 0.6 is 0 Å². The monoisotopic (exact) mass is 391 g/mol. The number of rotatable bonds is 5. The summed E-state index contributed by atoms with van der Waals surface area (Å²) in [4.78, 5) is 13.8. The SMILES string of the molecule is Cc1cc([N+](=O)[O-])cc(S(=O)(=O)Nc2ccc(-n3cncn3)c(F)c2)c1C. The first-order valence-corrected chi connectivity index (χ1v) is 9.10. The number of nitrogens with one attached hydrogen (secondary N) is 1. The topological polar surface area (TPSA) is 120 Å². The molecule has 0 amide bonds. The van der Waals surface area contributed by atoms with E-state index in [2.05, 4.69) is 14.8 Å². The highest BCUT2D eigenvalue weighted by Gasteiger charge is 2.23. The highest BCUT2D eigenvalue weighted by molar-refractivity contribution is 7.92.